The van der Waals surface area contributed by atoms with E-state index in [4.69, 9.17) is 0 Å². The van der Waals surface area contributed by atoms with Crippen LogP contribution in [0.25, 0.3) is 5.69 Å². The molecule has 1 aromatic heterocycles. The summed E-state index contributed by atoms with van der Waals surface area (Å²) in [5.74, 6) is -0.836. The van der Waals surface area contributed by atoms with Crippen molar-refractivity contribution in [2.24, 2.45) is 0 Å². The van der Waals surface area contributed by atoms with Crippen LogP contribution in [-0.2, 0) is 16.2 Å². The molecular weight excluding hydrogens is 457 g/mol. The Morgan fingerprint density at radius 1 is 0.939 bits per heavy atom. The number of nitrogens with zero attached hydrogens (tertiary/aromatic N) is 4. The molecule has 11 heteroatoms. The normalized spacial score (nSPS) is 15.6. The number of hydrogen-bond acceptors (Lipinski definition) is 4. The first-order chi connectivity index (χ1) is 15.6. The van der Waals surface area contributed by atoms with Crippen LogP contribution in [0.15, 0.2) is 65.7 Å². The van der Waals surface area contributed by atoms with Gasteiger partial charge in [0.1, 0.15) is 0 Å². The zero-order valence-corrected chi connectivity index (χ0v) is 18.5. The van der Waals surface area contributed by atoms with Gasteiger partial charge in [0.15, 0.2) is 5.69 Å². The first-order valence-corrected chi connectivity index (χ1v) is 11.6. The number of para-hydroxylation sites is 1. The second-order valence-corrected chi connectivity index (χ2v) is 9.60. The Morgan fingerprint density at radius 3 is 2.12 bits per heavy atom. The van der Waals surface area contributed by atoms with Crippen LogP contribution in [0.1, 0.15) is 21.6 Å². The number of benzene rings is 2. The van der Waals surface area contributed by atoms with E-state index in [1.54, 1.807) is 30.3 Å². The Bertz CT molecular complexity index is 1250. The van der Waals surface area contributed by atoms with E-state index in [1.165, 1.54) is 33.5 Å². The Hall–Kier alpha value is -3.18. The quantitative estimate of drug-likeness (QED) is 0.577. The predicted molar refractivity (Wildman–Crippen MR) is 114 cm³/mol. The Labute approximate surface area is 189 Å². The van der Waals surface area contributed by atoms with Crippen molar-refractivity contribution >= 4 is 15.9 Å². The third-order valence-corrected chi connectivity index (χ3v) is 7.37. The Balaban J connectivity index is 1.55. The topological polar surface area (TPSA) is 75.5 Å². The van der Waals surface area contributed by atoms with E-state index in [0.29, 0.717) is 4.68 Å². The summed E-state index contributed by atoms with van der Waals surface area (Å²) < 4.78 is 69.2. The largest absolute Gasteiger partial charge is 0.434 e. The van der Waals surface area contributed by atoms with Gasteiger partial charge in [-0.15, -0.1) is 0 Å². The van der Waals surface area contributed by atoms with Crippen molar-refractivity contribution in [3.8, 4) is 5.69 Å². The maximum absolute atomic E-state index is 13.9. The highest BCUT2D eigenvalue weighted by molar-refractivity contribution is 7.89. The average molecular weight is 478 g/mol. The molecule has 0 spiro atoms. The standard InChI is InChI=1S/C22H21F3N4O3S/c1-16-7-9-18(10-8-16)33(31,32)28-13-11-27(12-14-28)21(30)19-15-26-29(20(19)22(23,24)25)17-5-3-2-4-6-17/h2-10,15H,11-14H2,1H3. The van der Waals surface area contributed by atoms with Crippen LogP contribution in [0.2, 0.25) is 0 Å². The van der Waals surface area contributed by atoms with Crippen molar-refractivity contribution in [3.63, 3.8) is 0 Å². The van der Waals surface area contributed by atoms with E-state index in [0.717, 1.165) is 11.8 Å². The molecule has 1 aliphatic rings. The number of carbonyl (C=O) groups excluding carboxylic acids is 1. The van der Waals surface area contributed by atoms with E-state index in [-0.39, 0.29) is 36.8 Å². The summed E-state index contributed by atoms with van der Waals surface area (Å²) in [7, 11) is -3.76. The van der Waals surface area contributed by atoms with E-state index in [1.807, 2.05) is 6.92 Å². The highest BCUT2D eigenvalue weighted by Gasteiger charge is 2.42. The minimum atomic E-state index is -4.81. The predicted octanol–water partition coefficient (Wildman–Crippen LogP) is 3.35. The third-order valence-electron chi connectivity index (χ3n) is 5.45. The smallest absolute Gasteiger partial charge is 0.336 e. The van der Waals surface area contributed by atoms with E-state index in [9.17, 15) is 26.4 Å². The fourth-order valence-electron chi connectivity index (χ4n) is 3.70. The van der Waals surface area contributed by atoms with Crippen molar-refractivity contribution in [2.75, 3.05) is 26.2 Å². The summed E-state index contributed by atoms with van der Waals surface area (Å²) in [5, 5.41) is 3.81. The highest BCUT2D eigenvalue weighted by atomic mass is 32.2. The van der Waals surface area contributed by atoms with E-state index < -0.39 is 33.4 Å². The second-order valence-electron chi connectivity index (χ2n) is 7.66. The maximum Gasteiger partial charge on any atom is 0.434 e. The molecule has 0 aliphatic carbocycles. The van der Waals surface area contributed by atoms with Crippen LogP contribution in [0.4, 0.5) is 13.2 Å². The maximum atomic E-state index is 13.9. The number of alkyl halides is 3. The molecule has 3 aromatic rings. The van der Waals surface area contributed by atoms with Crippen LogP contribution in [0, 0.1) is 6.92 Å². The number of hydrogen-bond donors (Lipinski definition) is 0. The number of piperazine rings is 1. The molecule has 2 aromatic carbocycles. The van der Waals surface area contributed by atoms with Gasteiger partial charge in [-0.05, 0) is 31.2 Å². The fraction of sp³-hybridized carbons (Fsp3) is 0.273. The van der Waals surface area contributed by atoms with Gasteiger partial charge in [0.2, 0.25) is 10.0 Å². The summed E-state index contributed by atoms with van der Waals surface area (Å²) in [6, 6.07) is 14.1. The summed E-state index contributed by atoms with van der Waals surface area (Å²) in [6.07, 6.45) is -3.90. The third kappa shape index (κ3) is 4.51. The van der Waals surface area contributed by atoms with Crippen molar-refractivity contribution in [2.45, 2.75) is 18.0 Å². The molecule has 1 saturated heterocycles. The van der Waals surface area contributed by atoms with Gasteiger partial charge in [0, 0.05) is 26.2 Å². The van der Waals surface area contributed by atoms with Gasteiger partial charge >= 0.3 is 6.18 Å². The SMILES string of the molecule is Cc1ccc(S(=O)(=O)N2CCN(C(=O)c3cnn(-c4ccccc4)c3C(F)(F)F)CC2)cc1. The number of halogens is 3. The second kappa shape index (κ2) is 8.64. The number of aromatic nitrogens is 2. The number of sulfonamides is 1. The molecule has 0 unspecified atom stereocenters. The van der Waals surface area contributed by atoms with Crippen LogP contribution >= 0.6 is 0 Å². The van der Waals surface area contributed by atoms with Crippen molar-refractivity contribution in [3.05, 3.63) is 77.6 Å². The lowest BCUT2D eigenvalue weighted by molar-refractivity contribution is -0.143. The summed E-state index contributed by atoms with van der Waals surface area (Å²) in [6.45, 7) is 1.75. The van der Waals surface area contributed by atoms with E-state index >= 15 is 0 Å². The van der Waals surface area contributed by atoms with Gasteiger partial charge in [-0.1, -0.05) is 35.9 Å². The minimum absolute atomic E-state index is 0.0177. The molecule has 1 amide bonds. The van der Waals surface area contributed by atoms with Crippen molar-refractivity contribution < 1.29 is 26.4 Å². The van der Waals surface area contributed by atoms with Crippen molar-refractivity contribution in [1.82, 2.24) is 19.0 Å². The lowest BCUT2D eigenvalue weighted by atomic mass is 10.2. The molecule has 0 N–H and O–H groups in total. The van der Waals surface area contributed by atoms with E-state index in [2.05, 4.69) is 5.10 Å². The van der Waals surface area contributed by atoms with Gasteiger partial charge in [-0.2, -0.15) is 22.6 Å². The Morgan fingerprint density at radius 2 is 1.55 bits per heavy atom. The molecular formula is C22H21F3N4O3S. The number of aryl methyl sites for hydroxylation is 1. The summed E-state index contributed by atoms with van der Waals surface area (Å²) >= 11 is 0. The first-order valence-electron chi connectivity index (χ1n) is 10.2. The van der Waals surface area contributed by atoms with Gasteiger partial charge in [0.05, 0.1) is 22.3 Å². The lowest BCUT2D eigenvalue weighted by Gasteiger charge is -2.34. The fourth-order valence-corrected chi connectivity index (χ4v) is 5.13. The summed E-state index contributed by atoms with van der Waals surface area (Å²) in [4.78, 5) is 14.3. The molecule has 0 saturated carbocycles. The molecule has 0 bridgehead atoms. The molecule has 1 aliphatic heterocycles. The summed E-state index contributed by atoms with van der Waals surface area (Å²) in [5.41, 5.74) is -0.631. The zero-order chi connectivity index (χ0) is 23.8. The molecule has 0 radical (unpaired) electrons. The molecule has 0 atom stereocenters. The molecule has 7 nitrogen and oxygen atoms in total. The molecule has 4 rings (SSSR count). The number of rotatable bonds is 4. The minimum Gasteiger partial charge on any atom is -0.336 e. The molecule has 33 heavy (non-hydrogen) atoms. The van der Waals surface area contributed by atoms with Gasteiger partial charge in [-0.3, -0.25) is 4.79 Å². The highest BCUT2D eigenvalue weighted by Crippen LogP contribution is 2.34. The zero-order valence-electron chi connectivity index (χ0n) is 17.7. The van der Waals surface area contributed by atoms with Crippen LogP contribution in [-0.4, -0.2) is 59.5 Å². The molecule has 2 heterocycles. The van der Waals surface area contributed by atoms with Crippen LogP contribution in [0.5, 0.6) is 0 Å². The van der Waals surface area contributed by atoms with Crippen LogP contribution < -0.4 is 0 Å². The molecule has 1 fully saturated rings. The monoisotopic (exact) mass is 478 g/mol. The average Bonchev–Trinajstić information content (AvgIpc) is 3.25. The number of amides is 1. The van der Waals surface area contributed by atoms with Crippen molar-refractivity contribution in [1.29, 1.82) is 0 Å². The first kappa shape index (κ1) is 23.0. The van der Waals surface area contributed by atoms with Gasteiger partial charge in [0.25, 0.3) is 5.91 Å². The van der Waals surface area contributed by atoms with Gasteiger partial charge in [-0.25, -0.2) is 13.1 Å². The van der Waals surface area contributed by atoms with Gasteiger partial charge < -0.3 is 4.90 Å². The Kier molecular flexibility index (Phi) is 6.02. The van der Waals surface area contributed by atoms with Crippen LogP contribution in [0.3, 0.4) is 0 Å². The molecule has 174 valence electrons. The lowest BCUT2D eigenvalue weighted by Crippen LogP contribution is -2.50. The number of carbonyl (C=O) groups is 1.